The summed E-state index contributed by atoms with van der Waals surface area (Å²) >= 11 is 5.67. The van der Waals surface area contributed by atoms with Gasteiger partial charge in [-0.1, -0.05) is 23.7 Å². The highest BCUT2D eigenvalue weighted by atomic mass is 35.5. The van der Waals surface area contributed by atoms with Crippen LogP contribution < -0.4 is 5.32 Å². The van der Waals surface area contributed by atoms with E-state index < -0.39 is 5.82 Å². The molecule has 5 heteroatoms. The topological polar surface area (TPSA) is 38.3 Å². The second-order valence-corrected chi connectivity index (χ2v) is 4.21. The number of rotatable bonds is 7. The number of nitrogens with one attached hydrogen (secondary N) is 1. The van der Waals surface area contributed by atoms with Crippen LogP contribution in [-0.4, -0.2) is 19.1 Å². The summed E-state index contributed by atoms with van der Waals surface area (Å²) in [6.45, 7) is 3.21. The van der Waals surface area contributed by atoms with Gasteiger partial charge in [0.2, 0.25) is 0 Å². The number of carbonyl (C=O) groups is 1. The third-order valence-corrected chi connectivity index (χ3v) is 2.68. The van der Waals surface area contributed by atoms with Gasteiger partial charge in [0, 0.05) is 18.5 Å². The Morgan fingerprint density at radius 2 is 2.28 bits per heavy atom. The van der Waals surface area contributed by atoms with Crippen LogP contribution in [0.15, 0.2) is 18.2 Å². The molecule has 0 unspecified atom stereocenters. The molecule has 1 rings (SSSR count). The molecule has 0 fully saturated rings. The highest BCUT2D eigenvalue weighted by Crippen LogP contribution is 2.17. The van der Waals surface area contributed by atoms with Crippen molar-refractivity contribution in [3.63, 3.8) is 0 Å². The Morgan fingerprint density at radius 1 is 1.50 bits per heavy atom. The lowest BCUT2D eigenvalue weighted by molar-refractivity contribution is -0.143. The maximum absolute atomic E-state index is 13.5. The fraction of sp³-hybridized carbons (Fsp3) is 0.462. The second-order valence-electron chi connectivity index (χ2n) is 3.80. The van der Waals surface area contributed by atoms with Crippen LogP contribution in [-0.2, 0) is 16.1 Å². The first-order valence-corrected chi connectivity index (χ1v) is 6.32. The zero-order chi connectivity index (χ0) is 13.4. The van der Waals surface area contributed by atoms with Crippen LogP contribution in [0.25, 0.3) is 0 Å². The van der Waals surface area contributed by atoms with Crippen LogP contribution in [0.1, 0.15) is 25.3 Å². The zero-order valence-corrected chi connectivity index (χ0v) is 11.1. The van der Waals surface area contributed by atoms with E-state index in [2.05, 4.69) is 5.32 Å². The van der Waals surface area contributed by atoms with E-state index in [0.717, 1.165) is 0 Å². The van der Waals surface area contributed by atoms with Crippen molar-refractivity contribution in [1.82, 2.24) is 5.32 Å². The highest BCUT2D eigenvalue weighted by Gasteiger charge is 2.05. The normalized spacial score (nSPS) is 10.4. The maximum Gasteiger partial charge on any atom is 0.305 e. The van der Waals surface area contributed by atoms with Crippen molar-refractivity contribution < 1.29 is 13.9 Å². The summed E-state index contributed by atoms with van der Waals surface area (Å²) in [6, 6.07) is 4.90. The summed E-state index contributed by atoms with van der Waals surface area (Å²) in [5, 5.41) is 3.19. The summed E-state index contributed by atoms with van der Waals surface area (Å²) in [4.78, 5) is 11.0. The van der Waals surface area contributed by atoms with Crippen LogP contribution in [0.4, 0.5) is 4.39 Å². The number of benzene rings is 1. The quantitative estimate of drug-likeness (QED) is 0.613. The Hall–Kier alpha value is -1.13. The fourth-order valence-electron chi connectivity index (χ4n) is 1.50. The van der Waals surface area contributed by atoms with Crippen molar-refractivity contribution in [2.75, 3.05) is 13.2 Å². The van der Waals surface area contributed by atoms with Crippen molar-refractivity contribution in [3.05, 3.63) is 34.6 Å². The summed E-state index contributed by atoms with van der Waals surface area (Å²) in [7, 11) is 0. The Kier molecular flexibility index (Phi) is 6.68. The molecule has 0 radical (unpaired) electrons. The minimum absolute atomic E-state index is 0.126. The third-order valence-electron chi connectivity index (χ3n) is 2.39. The van der Waals surface area contributed by atoms with E-state index in [4.69, 9.17) is 16.3 Å². The van der Waals surface area contributed by atoms with E-state index in [9.17, 15) is 9.18 Å². The lowest BCUT2D eigenvalue weighted by atomic mass is 10.2. The lowest BCUT2D eigenvalue weighted by Gasteiger charge is -2.06. The summed E-state index contributed by atoms with van der Waals surface area (Å²) in [6.07, 6.45) is 1.04. The predicted molar refractivity (Wildman–Crippen MR) is 69.0 cm³/mol. The molecule has 0 bridgehead atoms. The molecule has 3 nitrogen and oxygen atoms in total. The minimum atomic E-state index is -0.392. The number of ether oxygens (including phenoxy) is 1. The summed E-state index contributed by atoms with van der Waals surface area (Å²) in [5.41, 5.74) is 0.527. The molecule has 0 aromatic heterocycles. The van der Waals surface area contributed by atoms with Gasteiger partial charge in [-0.3, -0.25) is 4.79 Å². The average molecular weight is 274 g/mol. The fourth-order valence-corrected chi connectivity index (χ4v) is 1.69. The minimum Gasteiger partial charge on any atom is -0.466 e. The molecule has 0 saturated heterocycles. The summed E-state index contributed by atoms with van der Waals surface area (Å²) < 4.78 is 18.3. The molecular weight excluding hydrogens is 257 g/mol. The van der Waals surface area contributed by atoms with Crippen LogP contribution in [0.2, 0.25) is 5.02 Å². The van der Waals surface area contributed by atoms with Crippen molar-refractivity contribution in [2.24, 2.45) is 0 Å². The Bertz CT molecular complexity index is 399. The lowest BCUT2D eigenvalue weighted by Crippen LogP contribution is -2.17. The maximum atomic E-state index is 13.5. The van der Waals surface area contributed by atoms with Crippen molar-refractivity contribution in [1.29, 1.82) is 0 Å². The van der Waals surface area contributed by atoms with Crippen LogP contribution in [0.3, 0.4) is 0 Å². The van der Waals surface area contributed by atoms with Gasteiger partial charge in [-0.25, -0.2) is 4.39 Å². The number of hydrogen-bond acceptors (Lipinski definition) is 3. The molecule has 0 spiro atoms. The molecule has 0 amide bonds. The third kappa shape index (κ3) is 5.02. The first kappa shape index (κ1) is 14.9. The van der Waals surface area contributed by atoms with Gasteiger partial charge in [-0.15, -0.1) is 0 Å². The predicted octanol–water partition coefficient (Wildman–Crippen LogP) is 2.91. The van der Waals surface area contributed by atoms with E-state index in [1.807, 2.05) is 0 Å². The van der Waals surface area contributed by atoms with Crippen LogP contribution in [0.5, 0.6) is 0 Å². The van der Waals surface area contributed by atoms with Gasteiger partial charge < -0.3 is 10.1 Å². The van der Waals surface area contributed by atoms with E-state index in [1.54, 1.807) is 19.1 Å². The van der Waals surface area contributed by atoms with Gasteiger partial charge in [0.05, 0.1) is 11.6 Å². The van der Waals surface area contributed by atoms with Gasteiger partial charge in [-0.05, 0) is 26.0 Å². The molecular formula is C13H17ClFNO2. The van der Waals surface area contributed by atoms with Gasteiger partial charge in [-0.2, -0.15) is 0 Å². The van der Waals surface area contributed by atoms with Crippen LogP contribution >= 0.6 is 11.6 Å². The van der Waals surface area contributed by atoms with E-state index in [0.29, 0.717) is 38.1 Å². The van der Waals surface area contributed by atoms with Gasteiger partial charge in [0.1, 0.15) is 5.82 Å². The van der Waals surface area contributed by atoms with E-state index in [1.165, 1.54) is 6.07 Å². The van der Waals surface area contributed by atoms with E-state index in [-0.39, 0.29) is 11.0 Å². The largest absolute Gasteiger partial charge is 0.466 e. The Labute approximate surface area is 111 Å². The zero-order valence-electron chi connectivity index (χ0n) is 10.3. The summed E-state index contributed by atoms with van der Waals surface area (Å²) in [5.74, 6) is -0.592. The molecule has 1 N–H and O–H groups in total. The van der Waals surface area contributed by atoms with Crippen molar-refractivity contribution in [2.45, 2.75) is 26.3 Å². The smallest absolute Gasteiger partial charge is 0.305 e. The molecule has 0 aliphatic heterocycles. The molecule has 1 aromatic rings. The van der Waals surface area contributed by atoms with Crippen molar-refractivity contribution in [3.8, 4) is 0 Å². The number of esters is 1. The number of hydrogen-bond donors (Lipinski definition) is 1. The SMILES string of the molecule is CCOC(=O)CCCNCc1cccc(Cl)c1F. The molecule has 18 heavy (non-hydrogen) atoms. The standard InChI is InChI=1S/C13H17ClFNO2/c1-2-18-12(17)7-4-8-16-9-10-5-3-6-11(14)13(10)15/h3,5-6,16H,2,4,7-9H2,1H3. The molecule has 0 aliphatic carbocycles. The molecule has 0 saturated carbocycles. The first-order valence-electron chi connectivity index (χ1n) is 5.94. The van der Waals surface area contributed by atoms with Gasteiger partial charge in [0.25, 0.3) is 0 Å². The van der Waals surface area contributed by atoms with Gasteiger partial charge >= 0.3 is 5.97 Å². The Balaban J connectivity index is 2.22. The molecule has 1 aromatic carbocycles. The molecule has 100 valence electrons. The van der Waals surface area contributed by atoms with Crippen LogP contribution in [0, 0.1) is 5.82 Å². The second kappa shape index (κ2) is 8.06. The Morgan fingerprint density at radius 3 is 3.00 bits per heavy atom. The van der Waals surface area contributed by atoms with Gasteiger partial charge in [0.15, 0.2) is 0 Å². The first-order chi connectivity index (χ1) is 8.65. The highest BCUT2D eigenvalue weighted by molar-refractivity contribution is 6.30. The van der Waals surface area contributed by atoms with E-state index >= 15 is 0 Å². The van der Waals surface area contributed by atoms with Crippen molar-refractivity contribution >= 4 is 17.6 Å². The number of carbonyl (C=O) groups excluding carboxylic acids is 1. The number of halogens is 2. The molecule has 0 aliphatic rings. The molecule has 0 atom stereocenters. The average Bonchev–Trinajstić information content (AvgIpc) is 2.34. The monoisotopic (exact) mass is 273 g/mol. The molecule has 0 heterocycles.